The first-order chi connectivity index (χ1) is 7.49. The summed E-state index contributed by atoms with van der Waals surface area (Å²) in [5.74, 6) is 0. The zero-order valence-electron chi connectivity index (χ0n) is 11.5. The summed E-state index contributed by atoms with van der Waals surface area (Å²) in [6.07, 6.45) is 6.29. The molecule has 16 heavy (non-hydrogen) atoms. The van der Waals surface area contributed by atoms with Gasteiger partial charge in [-0.1, -0.05) is 53.3 Å². The zero-order valence-corrected chi connectivity index (χ0v) is 11.5. The molecule has 2 heteroatoms. The van der Waals surface area contributed by atoms with Gasteiger partial charge in [-0.25, -0.2) is 0 Å². The molecule has 0 saturated carbocycles. The lowest BCUT2D eigenvalue weighted by Crippen LogP contribution is -1.98. The Morgan fingerprint density at radius 1 is 1.12 bits per heavy atom. The second-order valence-electron chi connectivity index (χ2n) is 2.97. The molecule has 2 nitrogen and oxygen atoms in total. The topological polar surface area (TPSA) is 52.0 Å². The molecule has 0 aliphatic heterocycles. The molecule has 0 aliphatic carbocycles. The molecule has 0 aromatic carbocycles. The van der Waals surface area contributed by atoms with Crippen LogP contribution in [-0.4, -0.2) is 0 Å². The molecule has 0 bridgehead atoms. The minimum absolute atomic E-state index is 0.588. The number of hydrogen-bond donors (Lipinski definition) is 2. The maximum atomic E-state index is 5.57. The number of rotatable bonds is 3. The Hall–Kier alpha value is -1.44. The van der Waals surface area contributed by atoms with Crippen molar-refractivity contribution in [3.8, 4) is 0 Å². The monoisotopic (exact) mass is 224 g/mol. The Kier molecular flexibility index (Phi) is 20.0. The van der Waals surface area contributed by atoms with Crippen LogP contribution in [0.5, 0.6) is 0 Å². The lowest BCUT2D eigenvalue weighted by atomic mass is 10.2. The van der Waals surface area contributed by atoms with Crippen molar-refractivity contribution in [2.24, 2.45) is 11.5 Å². The van der Waals surface area contributed by atoms with Gasteiger partial charge in [0.05, 0.1) is 0 Å². The van der Waals surface area contributed by atoms with Crippen LogP contribution in [0, 0.1) is 0 Å². The van der Waals surface area contributed by atoms with E-state index in [1.54, 1.807) is 25.2 Å². The first-order valence-electron chi connectivity index (χ1n) is 5.70. The van der Waals surface area contributed by atoms with E-state index in [1.807, 2.05) is 13.8 Å². The second kappa shape index (κ2) is 16.0. The van der Waals surface area contributed by atoms with Crippen molar-refractivity contribution in [1.29, 1.82) is 0 Å². The van der Waals surface area contributed by atoms with Crippen molar-refractivity contribution in [2.45, 2.75) is 41.0 Å². The van der Waals surface area contributed by atoms with E-state index in [2.05, 4.69) is 27.0 Å². The van der Waals surface area contributed by atoms with Gasteiger partial charge in [-0.2, -0.15) is 0 Å². The van der Waals surface area contributed by atoms with Crippen LogP contribution in [0.25, 0.3) is 0 Å². The Morgan fingerprint density at radius 2 is 1.50 bits per heavy atom. The fourth-order valence-corrected chi connectivity index (χ4v) is 0.446. The van der Waals surface area contributed by atoms with Crippen molar-refractivity contribution >= 4 is 0 Å². The second-order valence-corrected chi connectivity index (χ2v) is 2.97. The maximum absolute atomic E-state index is 5.57. The van der Waals surface area contributed by atoms with E-state index in [0.717, 1.165) is 0 Å². The van der Waals surface area contributed by atoms with Crippen LogP contribution in [0.3, 0.4) is 0 Å². The highest BCUT2D eigenvalue weighted by Gasteiger charge is 1.88. The molecular weight excluding hydrogens is 196 g/mol. The third kappa shape index (κ3) is 18.4. The number of nitrogens with two attached hydrogens (primary N) is 2. The minimum atomic E-state index is 0.588. The van der Waals surface area contributed by atoms with Gasteiger partial charge in [0.1, 0.15) is 0 Å². The number of hydrogen-bond acceptors (Lipinski definition) is 2. The molecule has 94 valence electrons. The van der Waals surface area contributed by atoms with Crippen LogP contribution in [0.2, 0.25) is 0 Å². The standard InChI is InChI=1S/C9H14N2.C3H8.C2H6/c1-4-7(2)9(11)6-5-8(3)10;1-3-2;1-2/h4-6H,1-2,10-11H2,3H3;3H2,1-2H3;1-2H3/b8-5-,9-6-;;. The summed E-state index contributed by atoms with van der Waals surface area (Å²) in [6, 6.07) is 0. The molecule has 0 atom stereocenters. The molecule has 0 spiro atoms. The van der Waals surface area contributed by atoms with Crippen LogP contribution in [-0.2, 0) is 0 Å². The van der Waals surface area contributed by atoms with E-state index in [0.29, 0.717) is 17.0 Å². The lowest BCUT2D eigenvalue weighted by Gasteiger charge is -1.96. The summed E-state index contributed by atoms with van der Waals surface area (Å²) in [6.45, 7) is 17.2. The van der Waals surface area contributed by atoms with Gasteiger partial charge in [0.25, 0.3) is 0 Å². The molecular formula is C14H28N2. The largest absolute Gasteiger partial charge is 0.402 e. The molecule has 4 N–H and O–H groups in total. The predicted molar refractivity (Wildman–Crippen MR) is 76.9 cm³/mol. The van der Waals surface area contributed by atoms with Crippen molar-refractivity contribution in [2.75, 3.05) is 0 Å². The predicted octanol–water partition coefficient (Wildman–Crippen LogP) is 3.88. The molecule has 0 aliphatic rings. The molecule has 0 aromatic rings. The van der Waals surface area contributed by atoms with Gasteiger partial charge in [-0.15, -0.1) is 0 Å². The SMILES string of the molecule is C=CC(=C)/C(N)=C/C=C(/C)N.CC.CCC. The maximum Gasteiger partial charge on any atom is 0.0382 e. The van der Waals surface area contributed by atoms with Crippen LogP contribution in [0.15, 0.2) is 48.4 Å². The van der Waals surface area contributed by atoms with Crippen molar-refractivity contribution < 1.29 is 0 Å². The molecule has 0 fully saturated rings. The van der Waals surface area contributed by atoms with Gasteiger partial charge in [-0.3, -0.25) is 0 Å². The van der Waals surface area contributed by atoms with E-state index < -0.39 is 0 Å². The lowest BCUT2D eigenvalue weighted by molar-refractivity contribution is 1.09. The van der Waals surface area contributed by atoms with Crippen LogP contribution >= 0.6 is 0 Å². The molecule has 0 saturated heterocycles. The highest BCUT2D eigenvalue weighted by atomic mass is 14.6. The first kappa shape index (κ1) is 20.0. The minimum Gasteiger partial charge on any atom is -0.402 e. The van der Waals surface area contributed by atoms with Crippen molar-refractivity contribution in [3.63, 3.8) is 0 Å². The van der Waals surface area contributed by atoms with E-state index in [4.69, 9.17) is 11.5 Å². The zero-order chi connectivity index (χ0) is 13.6. The normalized spacial score (nSPS) is 10.3. The Labute approximate surface area is 101 Å². The van der Waals surface area contributed by atoms with Gasteiger partial charge < -0.3 is 11.5 Å². The molecule has 0 radical (unpaired) electrons. The van der Waals surface area contributed by atoms with Crippen molar-refractivity contribution in [1.82, 2.24) is 0 Å². The Balaban J connectivity index is -0.000000289. The van der Waals surface area contributed by atoms with E-state index >= 15 is 0 Å². The van der Waals surface area contributed by atoms with E-state index in [-0.39, 0.29) is 0 Å². The van der Waals surface area contributed by atoms with Gasteiger partial charge >= 0.3 is 0 Å². The number of allylic oxidation sites excluding steroid dienone is 4. The highest BCUT2D eigenvalue weighted by molar-refractivity contribution is 5.36. The van der Waals surface area contributed by atoms with Gasteiger partial charge in [-0.05, 0) is 24.6 Å². The van der Waals surface area contributed by atoms with Crippen LogP contribution in [0.4, 0.5) is 0 Å². The summed E-state index contributed by atoms with van der Waals surface area (Å²) < 4.78 is 0. The Morgan fingerprint density at radius 3 is 1.75 bits per heavy atom. The summed E-state index contributed by atoms with van der Waals surface area (Å²) in [5.41, 5.74) is 13.0. The summed E-state index contributed by atoms with van der Waals surface area (Å²) >= 11 is 0. The average Bonchev–Trinajstić information content (AvgIpc) is 2.28. The molecule has 0 aromatic heterocycles. The van der Waals surface area contributed by atoms with Gasteiger partial charge in [0, 0.05) is 11.4 Å². The fourth-order valence-electron chi connectivity index (χ4n) is 0.446. The summed E-state index contributed by atoms with van der Waals surface area (Å²) in [7, 11) is 0. The first-order valence-corrected chi connectivity index (χ1v) is 5.70. The highest BCUT2D eigenvalue weighted by Crippen LogP contribution is 2.01. The Bertz CT molecular complexity index is 231. The smallest absolute Gasteiger partial charge is 0.0382 e. The molecule has 0 unspecified atom stereocenters. The fraction of sp³-hybridized carbons (Fsp3) is 0.429. The van der Waals surface area contributed by atoms with Crippen LogP contribution < -0.4 is 11.5 Å². The quantitative estimate of drug-likeness (QED) is 0.715. The van der Waals surface area contributed by atoms with Crippen LogP contribution in [0.1, 0.15) is 41.0 Å². The summed E-state index contributed by atoms with van der Waals surface area (Å²) in [4.78, 5) is 0. The van der Waals surface area contributed by atoms with Gasteiger partial charge in [0.15, 0.2) is 0 Å². The van der Waals surface area contributed by atoms with Gasteiger partial charge in [0.2, 0.25) is 0 Å². The molecule has 0 heterocycles. The third-order valence-corrected chi connectivity index (χ3v) is 1.14. The van der Waals surface area contributed by atoms with Crippen molar-refractivity contribution in [3.05, 3.63) is 48.4 Å². The van der Waals surface area contributed by atoms with E-state index in [1.165, 1.54) is 6.42 Å². The average molecular weight is 224 g/mol. The molecule has 0 rings (SSSR count). The molecule has 0 amide bonds. The van der Waals surface area contributed by atoms with E-state index in [9.17, 15) is 0 Å². The summed E-state index contributed by atoms with van der Waals surface area (Å²) in [5, 5.41) is 0. The third-order valence-electron chi connectivity index (χ3n) is 1.14.